The molecule has 2 fully saturated rings. The fourth-order valence-electron chi connectivity index (χ4n) is 5.00. The number of carbonyl (C=O) groups excluding carboxylic acids is 1. The van der Waals surface area contributed by atoms with Crippen LogP contribution in [-0.4, -0.2) is 37.9 Å². The largest absolute Gasteiger partial charge is 0.480 e. The molecule has 0 amide bonds. The third-order valence-electron chi connectivity index (χ3n) is 7.42. The molecule has 0 heterocycles. The molecule has 8 heteroatoms. The lowest BCUT2D eigenvalue weighted by Gasteiger charge is -2.31. The number of hydrogen-bond donors (Lipinski definition) is 3. The number of fused-ring (bicyclic) bond motifs is 2. The highest BCUT2D eigenvalue weighted by molar-refractivity contribution is 7.89. The van der Waals surface area contributed by atoms with E-state index in [0.717, 1.165) is 24.0 Å². The van der Waals surface area contributed by atoms with E-state index in [1.807, 2.05) is 13.0 Å². The zero-order valence-electron chi connectivity index (χ0n) is 18.3. The van der Waals surface area contributed by atoms with Gasteiger partial charge in [0.1, 0.15) is 6.04 Å². The van der Waals surface area contributed by atoms with Gasteiger partial charge in [0, 0.05) is 5.41 Å². The van der Waals surface area contributed by atoms with Gasteiger partial charge in [0.15, 0.2) is 5.78 Å². The van der Waals surface area contributed by atoms with Crippen molar-refractivity contribution in [2.45, 2.75) is 63.8 Å². The summed E-state index contributed by atoms with van der Waals surface area (Å²) in [5, 5.41) is 9.33. The number of nitrogens with one attached hydrogen (secondary N) is 1. The molecule has 0 radical (unpaired) electrons. The van der Waals surface area contributed by atoms with E-state index in [1.165, 1.54) is 12.1 Å². The number of benzene rings is 1. The van der Waals surface area contributed by atoms with Crippen LogP contribution in [0.15, 0.2) is 34.7 Å². The molecule has 170 valence electrons. The van der Waals surface area contributed by atoms with Crippen LogP contribution in [0.2, 0.25) is 0 Å². The topological polar surface area (TPSA) is 127 Å². The molecule has 2 bridgehead atoms. The minimum absolute atomic E-state index is 0.00807. The third kappa shape index (κ3) is 4.21. The molecule has 3 atom stereocenters. The van der Waals surface area contributed by atoms with Gasteiger partial charge >= 0.3 is 5.97 Å². The first-order chi connectivity index (χ1) is 14.4. The highest BCUT2D eigenvalue weighted by Gasteiger charge is 2.63. The van der Waals surface area contributed by atoms with Crippen LogP contribution in [0.5, 0.6) is 0 Å². The van der Waals surface area contributed by atoms with Gasteiger partial charge in [0.2, 0.25) is 10.0 Å². The molecule has 3 rings (SSSR count). The summed E-state index contributed by atoms with van der Waals surface area (Å²) in [6.45, 7) is 6.77. The molecule has 2 unspecified atom stereocenters. The molecule has 0 saturated heterocycles. The highest BCUT2D eigenvalue weighted by Crippen LogP contribution is 2.65. The maximum Gasteiger partial charge on any atom is 0.321 e. The van der Waals surface area contributed by atoms with Gasteiger partial charge in [-0.15, -0.1) is 0 Å². The molecule has 7 nitrogen and oxygen atoms in total. The van der Waals surface area contributed by atoms with E-state index in [1.54, 1.807) is 12.1 Å². The molecular weight excluding hydrogens is 416 g/mol. The molecule has 4 N–H and O–H groups in total. The van der Waals surface area contributed by atoms with Crippen molar-refractivity contribution in [1.82, 2.24) is 4.72 Å². The SMILES string of the molecule is CC12CCC(C(=Cc3ccc(S(=O)(=O)N[C@@H](CCCCN)C(=O)O)cc3)C1=O)C2(C)C. The molecule has 1 aromatic rings. The Bertz CT molecular complexity index is 997. The van der Waals surface area contributed by atoms with Crippen molar-refractivity contribution in [2.75, 3.05) is 6.54 Å². The van der Waals surface area contributed by atoms with E-state index < -0.39 is 22.0 Å². The first kappa shape index (κ1) is 23.6. The second-order valence-corrected chi connectivity index (χ2v) is 11.2. The predicted molar refractivity (Wildman–Crippen MR) is 119 cm³/mol. The van der Waals surface area contributed by atoms with Crippen LogP contribution in [0.25, 0.3) is 6.08 Å². The van der Waals surface area contributed by atoms with Gasteiger partial charge in [-0.3, -0.25) is 9.59 Å². The summed E-state index contributed by atoms with van der Waals surface area (Å²) in [6, 6.07) is 4.99. The van der Waals surface area contributed by atoms with Crippen LogP contribution < -0.4 is 10.5 Å². The number of aliphatic carboxylic acids is 1. The summed E-state index contributed by atoms with van der Waals surface area (Å²) < 4.78 is 27.6. The lowest BCUT2D eigenvalue weighted by atomic mass is 9.70. The normalized spacial score (nSPS) is 27.0. The second-order valence-electron chi connectivity index (χ2n) is 9.44. The standard InChI is InChI=1S/C23H32N2O5S/c1-22(2)18-11-12-23(22,3)20(26)17(18)14-15-7-9-16(10-8-15)31(29,30)25-19(21(27)28)6-4-5-13-24/h7-10,14,18-19,25H,4-6,11-13,24H2,1-3H3,(H,27,28)/t18?,19-,23?/m0/s1. The van der Waals surface area contributed by atoms with E-state index in [2.05, 4.69) is 18.6 Å². The van der Waals surface area contributed by atoms with E-state index in [4.69, 9.17) is 5.73 Å². The fraction of sp³-hybridized carbons (Fsp3) is 0.565. The molecule has 31 heavy (non-hydrogen) atoms. The molecule has 0 spiro atoms. The monoisotopic (exact) mass is 448 g/mol. The van der Waals surface area contributed by atoms with Crippen LogP contribution in [0, 0.1) is 16.7 Å². The minimum Gasteiger partial charge on any atom is -0.480 e. The van der Waals surface area contributed by atoms with Crippen LogP contribution in [0.4, 0.5) is 0 Å². The number of unbranched alkanes of at least 4 members (excludes halogenated alkanes) is 1. The molecule has 1 aromatic carbocycles. The maximum absolute atomic E-state index is 13.0. The predicted octanol–water partition coefficient (Wildman–Crippen LogP) is 2.96. The molecule has 2 aliphatic carbocycles. The Hall–Kier alpha value is -2.03. The summed E-state index contributed by atoms with van der Waals surface area (Å²) in [4.78, 5) is 24.4. The van der Waals surface area contributed by atoms with Crippen LogP contribution in [0.1, 0.15) is 58.4 Å². The summed E-state index contributed by atoms with van der Waals surface area (Å²) in [6.07, 6.45) is 5.08. The zero-order chi connectivity index (χ0) is 23.0. The number of Topliss-reactive ketones (excluding diaryl/α,β-unsaturated/α-hetero) is 1. The molecule has 0 aromatic heterocycles. The number of hydrogen-bond acceptors (Lipinski definition) is 5. The van der Waals surface area contributed by atoms with E-state index in [-0.39, 0.29) is 33.8 Å². The Labute approximate surface area is 184 Å². The van der Waals surface area contributed by atoms with Crippen molar-refractivity contribution in [1.29, 1.82) is 0 Å². The average molecular weight is 449 g/mol. The van der Waals surface area contributed by atoms with Crippen molar-refractivity contribution in [3.05, 3.63) is 35.4 Å². The number of allylic oxidation sites excluding steroid dienone is 1. The first-order valence-electron chi connectivity index (χ1n) is 10.8. The first-order valence-corrected chi connectivity index (χ1v) is 12.2. The van der Waals surface area contributed by atoms with Gasteiger partial charge in [-0.05, 0) is 72.9 Å². The number of carbonyl (C=O) groups is 2. The lowest BCUT2D eigenvalue weighted by Crippen LogP contribution is -2.40. The number of nitrogens with two attached hydrogens (primary N) is 1. The quantitative estimate of drug-likeness (QED) is 0.394. The molecular formula is C23H32N2O5S. The Kier molecular flexibility index (Phi) is 6.47. The number of sulfonamides is 1. The van der Waals surface area contributed by atoms with Crippen molar-refractivity contribution < 1.29 is 23.1 Å². The number of ketones is 1. The summed E-state index contributed by atoms with van der Waals surface area (Å²) in [5.74, 6) is -0.818. The molecule has 0 aliphatic heterocycles. The van der Waals surface area contributed by atoms with Gasteiger partial charge in [0.25, 0.3) is 0 Å². The summed E-state index contributed by atoms with van der Waals surface area (Å²) in [5.41, 5.74) is 6.57. The Morgan fingerprint density at radius 2 is 1.90 bits per heavy atom. The Morgan fingerprint density at radius 3 is 2.42 bits per heavy atom. The second kappa shape index (κ2) is 8.48. The molecule has 2 saturated carbocycles. The van der Waals surface area contributed by atoms with Crippen LogP contribution in [-0.2, 0) is 19.6 Å². The zero-order valence-corrected chi connectivity index (χ0v) is 19.2. The maximum atomic E-state index is 13.0. The number of carboxylic acid groups (broad SMARTS) is 1. The Balaban J connectivity index is 1.78. The fourth-order valence-corrected chi connectivity index (χ4v) is 6.22. The third-order valence-corrected chi connectivity index (χ3v) is 8.91. The van der Waals surface area contributed by atoms with Gasteiger partial charge in [-0.25, -0.2) is 8.42 Å². The van der Waals surface area contributed by atoms with Crippen LogP contribution >= 0.6 is 0 Å². The lowest BCUT2D eigenvalue weighted by molar-refractivity contribution is -0.139. The van der Waals surface area contributed by atoms with Gasteiger partial charge in [0.05, 0.1) is 4.90 Å². The highest BCUT2D eigenvalue weighted by atomic mass is 32.2. The van der Waals surface area contributed by atoms with Crippen molar-refractivity contribution in [3.63, 3.8) is 0 Å². The average Bonchev–Trinajstić information content (AvgIpc) is 3.01. The smallest absolute Gasteiger partial charge is 0.321 e. The number of carboxylic acids is 1. The minimum atomic E-state index is -3.98. The molecule has 2 aliphatic rings. The Morgan fingerprint density at radius 1 is 1.26 bits per heavy atom. The van der Waals surface area contributed by atoms with Crippen LogP contribution in [0.3, 0.4) is 0 Å². The summed E-state index contributed by atoms with van der Waals surface area (Å²) in [7, 11) is -3.98. The van der Waals surface area contributed by atoms with Crippen molar-refractivity contribution in [2.24, 2.45) is 22.5 Å². The van der Waals surface area contributed by atoms with E-state index in [0.29, 0.717) is 19.4 Å². The van der Waals surface area contributed by atoms with Gasteiger partial charge in [-0.2, -0.15) is 4.72 Å². The van der Waals surface area contributed by atoms with E-state index >= 15 is 0 Å². The number of rotatable bonds is 9. The van der Waals surface area contributed by atoms with E-state index in [9.17, 15) is 23.1 Å². The van der Waals surface area contributed by atoms with Gasteiger partial charge < -0.3 is 10.8 Å². The van der Waals surface area contributed by atoms with Crippen molar-refractivity contribution >= 4 is 27.9 Å². The van der Waals surface area contributed by atoms with Crippen molar-refractivity contribution in [3.8, 4) is 0 Å². The van der Waals surface area contributed by atoms with Gasteiger partial charge in [-0.1, -0.05) is 39.3 Å². The summed E-state index contributed by atoms with van der Waals surface area (Å²) >= 11 is 0.